The second kappa shape index (κ2) is 7.71. The molecule has 0 spiro atoms. The highest BCUT2D eigenvalue weighted by Gasteiger charge is 2.07. The van der Waals surface area contributed by atoms with Crippen molar-refractivity contribution < 1.29 is 9.53 Å². The van der Waals surface area contributed by atoms with Gasteiger partial charge in [-0.1, -0.05) is 32.0 Å². The summed E-state index contributed by atoms with van der Waals surface area (Å²) in [5.41, 5.74) is 7.23. The lowest BCUT2D eigenvalue weighted by Crippen LogP contribution is -2.28. The Labute approximate surface area is 109 Å². The maximum Gasteiger partial charge on any atom is 0.310 e. The van der Waals surface area contributed by atoms with Crippen LogP contribution >= 0.6 is 0 Å². The molecule has 0 saturated heterocycles. The Morgan fingerprint density at radius 1 is 1.28 bits per heavy atom. The molecule has 0 aliphatic heterocycles. The van der Waals surface area contributed by atoms with E-state index in [0.717, 1.165) is 25.2 Å². The highest BCUT2D eigenvalue weighted by molar-refractivity contribution is 5.74. The molecule has 0 aromatic heterocycles. The third-order valence-corrected chi connectivity index (χ3v) is 2.95. The highest BCUT2D eigenvalue weighted by atomic mass is 16.5. The zero-order valence-corrected chi connectivity index (χ0v) is 11.2. The van der Waals surface area contributed by atoms with E-state index in [1.165, 1.54) is 0 Å². The van der Waals surface area contributed by atoms with Crippen LogP contribution in [-0.2, 0) is 16.0 Å². The monoisotopic (exact) mass is 250 g/mol. The molecule has 4 heteroatoms. The maximum atomic E-state index is 11.6. The number of anilines is 1. The molecular weight excluding hydrogens is 228 g/mol. The lowest BCUT2D eigenvalue weighted by Gasteiger charge is -2.17. The second-order valence-electron chi connectivity index (χ2n) is 4.12. The fraction of sp³-hybridized carbons (Fsp3) is 0.500. The van der Waals surface area contributed by atoms with E-state index in [1.54, 1.807) is 6.07 Å². The first-order valence-electron chi connectivity index (χ1n) is 6.38. The lowest BCUT2D eigenvalue weighted by atomic mass is 10.1. The standard InChI is InChI=1S/C14H22N2O2/c1-3-16(4-2)9-10-18-14(17)11-12-7-5-6-8-13(12)15/h5-8H,3-4,9-11,15H2,1-2H3. The first-order chi connectivity index (χ1) is 8.67. The average molecular weight is 250 g/mol. The van der Waals surface area contributed by atoms with Crippen LogP contribution in [0, 0.1) is 0 Å². The van der Waals surface area contributed by atoms with Gasteiger partial charge in [-0.2, -0.15) is 0 Å². The SMILES string of the molecule is CCN(CC)CCOC(=O)Cc1ccccc1N. The van der Waals surface area contributed by atoms with Gasteiger partial charge in [0.2, 0.25) is 0 Å². The Morgan fingerprint density at radius 3 is 2.56 bits per heavy atom. The molecule has 0 unspecified atom stereocenters. The molecule has 18 heavy (non-hydrogen) atoms. The number of para-hydroxylation sites is 1. The molecule has 0 aliphatic carbocycles. The van der Waals surface area contributed by atoms with Crippen LogP contribution in [0.5, 0.6) is 0 Å². The number of benzene rings is 1. The predicted molar refractivity (Wildman–Crippen MR) is 73.3 cm³/mol. The number of nitrogens with two attached hydrogens (primary N) is 1. The van der Waals surface area contributed by atoms with Gasteiger partial charge < -0.3 is 15.4 Å². The molecule has 0 aliphatic rings. The van der Waals surface area contributed by atoms with E-state index in [2.05, 4.69) is 18.7 Å². The van der Waals surface area contributed by atoms with Crippen molar-refractivity contribution in [1.29, 1.82) is 0 Å². The molecule has 0 fully saturated rings. The molecule has 4 nitrogen and oxygen atoms in total. The molecule has 1 aromatic rings. The van der Waals surface area contributed by atoms with Crippen molar-refractivity contribution in [2.24, 2.45) is 0 Å². The van der Waals surface area contributed by atoms with Gasteiger partial charge in [-0.3, -0.25) is 4.79 Å². The van der Waals surface area contributed by atoms with Crippen LogP contribution in [0.3, 0.4) is 0 Å². The number of hydrogen-bond donors (Lipinski definition) is 1. The summed E-state index contributed by atoms with van der Waals surface area (Å²) < 4.78 is 5.20. The van der Waals surface area contributed by atoms with E-state index in [9.17, 15) is 4.79 Å². The summed E-state index contributed by atoms with van der Waals surface area (Å²) in [6.45, 7) is 7.35. The van der Waals surface area contributed by atoms with Crippen molar-refractivity contribution in [3.63, 3.8) is 0 Å². The lowest BCUT2D eigenvalue weighted by molar-refractivity contribution is -0.143. The number of ether oxygens (including phenoxy) is 1. The molecule has 0 saturated carbocycles. The molecule has 0 heterocycles. The minimum Gasteiger partial charge on any atom is -0.464 e. The van der Waals surface area contributed by atoms with Gasteiger partial charge in [-0.25, -0.2) is 0 Å². The number of nitrogen functional groups attached to an aromatic ring is 1. The van der Waals surface area contributed by atoms with Crippen molar-refractivity contribution >= 4 is 11.7 Å². The number of carbonyl (C=O) groups is 1. The van der Waals surface area contributed by atoms with Crippen molar-refractivity contribution in [2.75, 3.05) is 32.0 Å². The van der Waals surface area contributed by atoms with Crippen LogP contribution in [0.1, 0.15) is 19.4 Å². The summed E-state index contributed by atoms with van der Waals surface area (Å²) in [4.78, 5) is 13.8. The number of nitrogens with zero attached hydrogens (tertiary/aromatic N) is 1. The molecule has 1 aromatic carbocycles. The van der Waals surface area contributed by atoms with Crippen LogP contribution in [0.15, 0.2) is 24.3 Å². The van der Waals surface area contributed by atoms with E-state index >= 15 is 0 Å². The molecule has 0 atom stereocenters. The van der Waals surface area contributed by atoms with Crippen molar-refractivity contribution in [3.05, 3.63) is 29.8 Å². The van der Waals surface area contributed by atoms with Gasteiger partial charge in [0.05, 0.1) is 6.42 Å². The fourth-order valence-electron chi connectivity index (χ4n) is 1.73. The van der Waals surface area contributed by atoms with Gasteiger partial charge in [0, 0.05) is 12.2 Å². The minimum absolute atomic E-state index is 0.222. The Balaban J connectivity index is 2.32. The van der Waals surface area contributed by atoms with E-state index in [4.69, 9.17) is 10.5 Å². The van der Waals surface area contributed by atoms with Crippen molar-refractivity contribution in [2.45, 2.75) is 20.3 Å². The first kappa shape index (κ1) is 14.5. The number of hydrogen-bond acceptors (Lipinski definition) is 4. The van der Waals surface area contributed by atoms with Crippen LogP contribution in [0.25, 0.3) is 0 Å². The summed E-state index contributed by atoms with van der Waals surface area (Å²) >= 11 is 0. The van der Waals surface area contributed by atoms with Gasteiger partial charge in [0.25, 0.3) is 0 Å². The van der Waals surface area contributed by atoms with E-state index in [0.29, 0.717) is 12.3 Å². The quantitative estimate of drug-likeness (QED) is 0.591. The average Bonchev–Trinajstić information content (AvgIpc) is 2.37. The van der Waals surface area contributed by atoms with Crippen LogP contribution in [0.4, 0.5) is 5.69 Å². The first-order valence-corrected chi connectivity index (χ1v) is 6.38. The molecule has 0 bridgehead atoms. The largest absolute Gasteiger partial charge is 0.464 e. The topological polar surface area (TPSA) is 55.6 Å². The van der Waals surface area contributed by atoms with Gasteiger partial charge in [0.15, 0.2) is 0 Å². The smallest absolute Gasteiger partial charge is 0.310 e. The normalized spacial score (nSPS) is 10.6. The summed E-state index contributed by atoms with van der Waals surface area (Å²) in [7, 11) is 0. The molecule has 2 N–H and O–H groups in total. The van der Waals surface area contributed by atoms with Gasteiger partial charge in [0.1, 0.15) is 6.61 Å². The number of likely N-dealkylation sites (N-methyl/N-ethyl adjacent to an activating group) is 1. The summed E-state index contributed by atoms with van der Waals surface area (Å²) in [5, 5.41) is 0. The van der Waals surface area contributed by atoms with Crippen LogP contribution < -0.4 is 5.73 Å². The fourth-order valence-corrected chi connectivity index (χ4v) is 1.73. The molecule has 100 valence electrons. The van der Waals surface area contributed by atoms with E-state index in [-0.39, 0.29) is 12.4 Å². The Kier molecular flexibility index (Phi) is 6.22. The highest BCUT2D eigenvalue weighted by Crippen LogP contribution is 2.11. The Morgan fingerprint density at radius 2 is 1.94 bits per heavy atom. The van der Waals surface area contributed by atoms with E-state index in [1.807, 2.05) is 18.2 Å². The molecule has 0 radical (unpaired) electrons. The molecular formula is C14H22N2O2. The number of carbonyl (C=O) groups excluding carboxylic acids is 1. The van der Waals surface area contributed by atoms with Gasteiger partial charge >= 0.3 is 5.97 Å². The van der Waals surface area contributed by atoms with Crippen molar-refractivity contribution in [1.82, 2.24) is 4.90 Å². The maximum absolute atomic E-state index is 11.6. The van der Waals surface area contributed by atoms with E-state index < -0.39 is 0 Å². The number of rotatable bonds is 7. The second-order valence-corrected chi connectivity index (χ2v) is 4.12. The van der Waals surface area contributed by atoms with Crippen LogP contribution in [-0.4, -0.2) is 37.1 Å². The number of esters is 1. The molecule has 0 amide bonds. The Bertz CT molecular complexity index is 376. The zero-order chi connectivity index (χ0) is 13.4. The van der Waals surface area contributed by atoms with Crippen molar-refractivity contribution in [3.8, 4) is 0 Å². The van der Waals surface area contributed by atoms with Gasteiger partial charge in [-0.05, 0) is 24.7 Å². The van der Waals surface area contributed by atoms with Crippen LogP contribution in [0.2, 0.25) is 0 Å². The third-order valence-electron chi connectivity index (χ3n) is 2.95. The zero-order valence-electron chi connectivity index (χ0n) is 11.2. The summed E-state index contributed by atoms with van der Waals surface area (Å²) in [6.07, 6.45) is 0.241. The Hall–Kier alpha value is -1.55. The predicted octanol–water partition coefficient (Wildman–Crippen LogP) is 1.70. The molecule has 1 rings (SSSR count). The minimum atomic E-state index is -0.222. The van der Waals surface area contributed by atoms with Gasteiger partial charge in [-0.15, -0.1) is 0 Å². The summed E-state index contributed by atoms with van der Waals surface area (Å²) in [6, 6.07) is 7.36. The summed E-state index contributed by atoms with van der Waals surface area (Å²) in [5.74, 6) is -0.222. The third kappa shape index (κ3) is 4.75.